The van der Waals surface area contributed by atoms with Crippen molar-refractivity contribution in [3.8, 4) is 0 Å². The largest absolute Gasteiger partial charge is 0.366 e. The highest BCUT2D eigenvalue weighted by molar-refractivity contribution is 5.94. The number of hydrogen-bond acceptors (Lipinski definition) is 3. The summed E-state index contributed by atoms with van der Waals surface area (Å²) in [4.78, 5) is 16.4. The lowest BCUT2D eigenvalue weighted by Gasteiger charge is -2.08. The third kappa shape index (κ3) is 5.74. The zero-order valence-corrected chi connectivity index (χ0v) is 13.9. The summed E-state index contributed by atoms with van der Waals surface area (Å²) in [6, 6.07) is 11.9. The van der Waals surface area contributed by atoms with Crippen molar-refractivity contribution in [1.29, 1.82) is 0 Å². The van der Waals surface area contributed by atoms with Gasteiger partial charge in [-0.25, -0.2) is 4.98 Å². The average Bonchev–Trinajstić information content (AvgIpc) is 2.58. The van der Waals surface area contributed by atoms with E-state index in [1.165, 1.54) is 11.1 Å². The molecule has 0 spiro atoms. The van der Waals surface area contributed by atoms with Crippen LogP contribution < -0.4 is 10.6 Å². The fraction of sp³-hybridized carbons (Fsp3) is 0.368. The third-order valence-corrected chi connectivity index (χ3v) is 3.68. The molecule has 1 amide bonds. The van der Waals surface area contributed by atoms with Crippen molar-refractivity contribution in [2.45, 2.75) is 39.7 Å². The molecule has 0 saturated heterocycles. The Labute approximate surface area is 138 Å². The van der Waals surface area contributed by atoms with Crippen molar-refractivity contribution in [2.75, 3.05) is 11.9 Å². The fourth-order valence-corrected chi connectivity index (χ4v) is 2.25. The lowest BCUT2D eigenvalue weighted by molar-refractivity contribution is 0.0953. The Kier molecular flexibility index (Phi) is 6.60. The third-order valence-electron chi connectivity index (χ3n) is 3.68. The summed E-state index contributed by atoms with van der Waals surface area (Å²) in [5.74, 6) is 0.675. The van der Waals surface area contributed by atoms with E-state index in [9.17, 15) is 4.79 Å². The van der Waals surface area contributed by atoms with E-state index >= 15 is 0 Å². The summed E-state index contributed by atoms with van der Waals surface area (Å²) in [6.45, 7) is 5.63. The topological polar surface area (TPSA) is 54.0 Å². The Morgan fingerprint density at radius 2 is 1.91 bits per heavy atom. The zero-order chi connectivity index (χ0) is 16.5. The second-order valence-corrected chi connectivity index (χ2v) is 5.73. The lowest BCUT2D eigenvalue weighted by atomic mass is 10.1. The molecule has 0 unspecified atom stereocenters. The van der Waals surface area contributed by atoms with E-state index in [2.05, 4.69) is 53.7 Å². The van der Waals surface area contributed by atoms with E-state index in [0.717, 1.165) is 25.8 Å². The first kappa shape index (κ1) is 17.0. The second-order valence-electron chi connectivity index (χ2n) is 5.73. The number of pyridine rings is 1. The first-order valence-corrected chi connectivity index (χ1v) is 8.22. The molecule has 2 N–H and O–H groups in total. The fourth-order valence-electron chi connectivity index (χ4n) is 2.25. The minimum Gasteiger partial charge on any atom is -0.366 e. The molecule has 0 bridgehead atoms. The predicted molar refractivity (Wildman–Crippen MR) is 94.6 cm³/mol. The molecule has 2 aromatic rings. The number of hydrogen-bond donors (Lipinski definition) is 2. The molecule has 0 aliphatic carbocycles. The van der Waals surface area contributed by atoms with Crippen LogP contribution in [-0.2, 0) is 6.54 Å². The highest BCUT2D eigenvalue weighted by Gasteiger charge is 2.06. The molecule has 0 aliphatic heterocycles. The number of rotatable bonds is 8. The van der Waals surface area contributed by atoms with Crippen LogP contribution in [0.3, 0.4) is 0 Å². The van der Waals surface area contributed by atoms with Crippen molar-refractivity contribution in [3.63, 3.8) is 0 Å². The summed E-state index contributed by atoms with van der Waals surface area (Å²) < 4.78 is 0. The van der Waals surface area contributed by atoms with Gasteiger partial charge in [0.2, 0.25) is 0 Å². The van der Waals surface area contributed by atoms with Gasteiger partial charge in [0.25, 0.3) is 5.91 Å². The zero-order valence-electron chi connectivity index (χ0n) is 13.9. The first-order chi connectivity index (χ1) is 11.2. The van der Waals surface area contributed by atoms with Crippen molar-refractivity contribution in [3.05, 3.63) is 59.3 Å². The van der Waals surface area contributed by atoms with Crippen molar-refractivity contribution >= 4 is 11.7 Å². The minimum atomic E-state index is -0.0399. The highest BCUT2D eigenvalue weighted by Crippen LogP contribution is 2.10. The van der Waals surface area contributed by atoms with Gasteiger partial charge in [0.15, 0.2) is 0 Å². The Balaban J connectivity index is 1.88. The molecule has 122 valence electrons. The van der Waals surface area contributed by atoms with Gasteiger partial charge >= 0.3 is 0 Å². The van der Waals surface area contributed by atoms with Crippen LogP contribution in [0.5, 0.6) is 0 Å². The molecule has 4 heteroatoms. The Morgan fingerprint density at radius 1 is 1.13 bits per heavy atom. The van der Waals surface area contributed by atoms with Gasteiger partial charge in [0, 0.05) is 24.8 Å². The number of nitrogens with zero attached hydrogens (tertiary/aromatic N) is 1. The molecule has 1 heterocycles. The number of aryl methyl sites for hydroxylation is 1. The summed E-state index contributed by atoms with van der Waals surface area (Å²) in [7, 11) is 0. The number of nitrogens with one attached hydrogen (secondary N) is 2. The number of benzene rings is 1. The predicted octanol–water partition coefficient (Wildman–Crippen LogP) is 3.92. The quantitative estimate of drug-likeness (QED) is 0.726. The first-order valence-electron chi connectivity index (χ1n) is 8.22. The van der Waals surface area contributed by atoms with Gasteiger partial charge in [-0.2, -0.15) is 0 Å². The van der Waals surface area contributed by atoms with Crippen molar-refractivity contribution < 1.29 is 4.79 Å². The molecule has 1 aromatic carbocycles. The SMILES string of the molecule is CCCCCNC(=O)c1ccnc(NCc2ccc(C)cc2)c1. The minimum absolute atomic E-state index is 0.0399. The summed E-state index contributed by atoms with van der Waals surface area (Å²) in [6.07, 6.45) is 4.97. The number of carbonyl (C=O) groups is 1. The monoisotopic (exact) mass is 311 g/mol. The molecule has 2 rings (SSSR count). The van der Waals surface area contributed by atoms with Crippen LogP contribution in [0.1, 0.15) is 47.7 Å². The molecule has 0 saturated carbocycles. The van der Waals surface area contributed by atoms with Crippen LogP contribution in [0, 0.1) is 6.92 Å². The van der Waals surface area contributed by atoms with E-state index in [1.54, 1.807) is 18.3 Å². The lowest BCUT2D eigenvalue weighted by Crippen LogP contribution is -2.24. The van der Waals surface area contributed by atoms with Gasteiger partial charge in [-0.3, -0.25) is 4.79 Å². The van der Waals surface area contributed by atoms with E-state index in [1.807, 2.05) is 0 Å². The summed E-state index contributed by atoms with van der Waals surface area (Å²) in [5, 5.41) is 6.21. The standard InChI is InChI=1S/C19H25N3O/c1-3-4-5-11-21-19(23)17-10-12-20-18(13-17)22-14-16-8-6-15(2)7-9-16/h6-10,12-13H,3-5,11,14H2,1-2H3,(H,20,22)(H,21,23). The second kappa shape index (κ2) is 8.93. The molecular formula is C19H25N3O. The number of aromatic nitrogens is 1. The molecule has 0 radical (unpaired) electrons. The number of anilines is 1. The number of carbonyl (C=O) groups excluding carboxylic acids is 1. The van der Waals surface area contributed by atoms with Crippen LogP contribution in [0.25, 0.3) is 0 Å². The molecule has 23 heavy (non-hydrogen) atoms. The maximum Gasteiger partial charge on any atom is 0.251 e. The van der Waals surface area contributed by atoms with Gasteiger partial charge in [0.1, 0.15) is 5.82 Å². The molecule has 4 nitrogen and oxygen atoms in total. The van der Waals surface area contributed by atoms with E-state index < -0.39 is 0 Å². The smallest absolute Gasteiger partial charge is 0.251 e. The van der Waals surface area contributed by atoms with E-state index in [4.69, 9.17) is 0 Å². The van der Waals surface area contributed by atoms with Crippen LogP contribution in [0.15, 0.2) is 42.6 Å². The van der Waals surface area contributed by atoms with Gasteiger partial charge in [-0.05, 0) is 31.0 Å². The number of unbranched alkanes of at least 4 members (excludes halogenated alkanes) is 2. The highest BCUT2D eigenvalue weighted by atomic mass is 16.1. The van der Waals surface area contributed by atoms with Gasteiger partial charge < -0.3 is 10.6 Å². The van der Waals surface area contributed by atoms with Crippen molar-refractivity contribution in [2.24, 2.45) is 0 Å². The normalized spacial score (nSPS) is 10.3. The molecule has 0 aliphatic rings. The Morgan fingerprint density at radius 3 is 2.65 bits per heavy atom. The summed E-state index contributed by atoms with van der Waals surface area (Å²) >= 11 is 0. The van der Waals surface area contributed by atoms with Crippen LogP contribution in [0.4, 0.5) is 5.82 Å². The van der Waals surface area contributed by atoms with Crippen molar-refractivity contribution in [1.82, 2.24) is 10.3 Å². The van der Waals surface area contributed by atoms with Crippen LogP contribution in [-0.4, -0.2) is 17.4 Å². The van der Waals surface area contributed by atoms with Crippen LogP contribution >= 0.6 is 0 Å². The van der Waals surface area contributed by atoms with Gasteiger partial charge in [-0.1, -0.05) is 49.6 Å². The average molecular weight is 311 g/mol. The molecular weight excluding hydrogens is 286 g/mol. The molecule has 1 aromatic heterocycles. The van der Waals surface area contributed by atoms with E-state index in [0.29, 0.717) is 17.9 Å². The number of amides is 1. The Bertz CT molecular complexity index is 623. The maximum absolute atomic E-state index is 12.1. The summed E-state index contributed by atoms with van der Waals surface area (Å²) in [5.41, 5.74) is 3.07. The molecule has 0 atom stereocenters. The van der Waals surface area contributed by atoms with Crippen LogP contribution in [0.2, 0.25) is 0 Å². The molecule has 0 fully saturated rings. The van der Waals surface area contributed by atoms with Gasteiger partial charge in [-0.15, -0.1) is 0 Å². The van der Waals surface area contributed by atoms with E-state index in [-0.39, 0.29) is 5.91 Å². The Hall–Kier alpha value is -2.36. The maximum atomic E-state index is 12.1. The van der Waals surface area contributed by atoms with Gasteiger partial charge in [0.05, 0.1) is 0 Å².